The molecule has 3 unspecified atom stereocenters. The summed E-state index contributed by atoms with van der Waals surface area (Å²) in [6, 6.07) is -0.711. The summed E-state index contributed by atoms with van der Waals surface area (Å²) in [7, 11) is 0. The van der Waals surface area contributed by atoms with Crippen molar-refractivity contribution in [3.8, 4) is 0 Å². The van der Waals surface area contributed by atoms with Crippen LogP contribution in [0.5, 0.6) is 0 Å². The number of unbranched alkanes of at least 4 members (excludes halogenated alkanes) is 27. The van der Waals surface area contributed by atoms with Crippen molar-refractivity contribution in [1.29, 1.82) is 0 Å². The Bertz CT molecular complexity index is 1140. The van der Waals surface area contributed by atoms with Crippen LogP contribution in [0.15, 0.2) is 60.8 Å². The molecule has 0 aliphatic heterocycles. The second-order valence-electron chi connectivity index (χ2n) is 18.6. The van der Waals surface area contributed by atoms with Crippen molar-refractivity contribution in [2.45, 2.75) is 289 Å². The minimum atomic E-state index is -0.795. The molecule has 0 heterocycles. The molecule has 0 aromatic heterocycles. The topological polar surface area (TPSA) is 95.9 Å². The van der Waals surface area contributed by atoms with Crippen LogP contribution in [0.2, 0.25) is 0 Å². The van der Waals surface area contributed by atoms with E-state index < -0.39 is 18.2 Å². The summed E-state index contributed by atoms with van der Waals surface area (Å²) < 4.78 is 5.94. The lowest BCUT2D eigenvalue weighted by molar-refractivity contribution is -0.151. The second-order valence-corrected chi connectivity index (χ2v) is 18.6. The summed E-state index contributed by atoms with van der Waals surface area (Å²) in [5.74, 6) is -0.496. The monoisotopic (exact) mass is 896 g/mol. The van der Waals surface area contributed by atoms with E-state index in [1.54, 1.807) is 0 Å². The van der Waals surface area contributed by atoms with Gasteiger partial charge in [-0.05, 0) is 89.9 Å². The van der Waals surface area contributed by atoms with Crippen LogP contribution in [0, 0.1) is 0 Å². The third-order valence-corrected chi connectivity index (χ3v) is 12.3. The number of aliphatic hydroxyl groups excluding tert-OH is 2. The fourth-order valence-corrected chi connectivity index (χ4v) is 8.18. The van der Waals surface area contributed by atoms with E-state index in [0.717, 1.165) is 96.3 Å². The molecule has 3 N–H and O–H groups in total. The second kappa shape index (κ2) is 51.5. The fraction of sp³-hybridized carbons (Fsp3) is 0.793. The molecule has 0 saturated heterocycles. The number of esters is 1. The number of allylic oxidation sites excluding steroid dienone is 10. The number of carbonyl (C=O) groups excluding carboxylic acids is 2. The van der Waals surface area contributed by atoms with Gasteiger partial charge in [-0.1, -0.05) is 229 Å². The Balaban J connectivity index is 4.57. The first-order chi connectivity index (χ1) is 31.5. The van der Waals surface area contributed by atoms with E-state index >= 15 is 0 Å². The molecule has 0 bridgehead atoms. The summed E-state index contributed by atoms with van der Waals surface area (Å²) in [6.45, 7) is 6.35. The number of hydrogen-bond acceptors (Lipinski definition) is 5. The number of rotatable bonds is 49. The lowest BCUT2D eigenvalue weighted by atomic mass is 10.0. The first-order valence-corrected chi connectivity index (χ1v) is 27.5. The minimum Gasteiger partial charge on any atom is -0.462 e. The number of amides is 1. The molecular weight excluding hydrogens is 791 g/mol. The first-order valence-electron chi connectivity index (χ1n) is 27.5. The third kappa shape index (κ3) is 46.1. The van der Waals surface area contributed by atoms with Gasteiger partial charge in [0.1, 0.15) is 6.10 Å². The maximum absolute atomic E-state index is 13.2. The van der Waals surface area contributed by atoms with Crippen LogP contribution in [0.4, 0.5) is 0 Å². The van der Waals surface area contributed by atoms with Crippen molar-refractivity contribution < 1.29 is 24.5 Å². The average Bonchev–Trinajstić information content (AvgIpc) is 3.29. The Hall–Kier alpha value is -2.44. The van der Waals surface area contributed by atoms with E-state index in [1.807, 2.05) is 0 Å². The van der Waals surface area contributed by atoms with E-state index in [0.29, 0.717) is 19.3 Å². The van der Waals surface area contributed by atoms with E-state index in [2.05, 4.69) is 86.8 Å². The molecule has 6 nitrogen and oxygen atoms in total. The highest BCUT2D eigenvalue weighted by molar-refractivity contribution is 5.77. The molecule has 0 fully saturated rings. The van der Waals surface area contributed by atoms with Crippen LogP contribution in [-0.4, -0.2) is 46.9 Å². The molecule has 1 amide bonds. The SMILES string of the molecule is CC/C=C/C/C=C/C/C=C/CCCCCCC(CC(=O)NC(CO)C(O)CCCCCCCCCCCCCC)OC(=O)CCCCCCCCCCC/C=C\C/C=C\CCCCC. The molecule has 0 saturated carbocycles. The van der Waals surface area contributed by atoms with Crippen molar-refractivity contribution in [2.24, 2.45) is 0 Å². The highest BCUT2D eigenvalue weighted by Gasteiger charge is 2.24. The van der Waals surface area contributed by atoms with Crippen molar-refractivity contribution >= 4 is 11.9 Å². The van der Waals surface area contributed by atoms with Gasteiger partial charge in [0.05, 0.1) is 25.2 Å². The summed E-state index contributed by atoms with van der Waals surface area (Å²) in [5.41, 5.74) is 0. The molecule has 0 aromatic rings. The van der Waals surface area contributed by atoms with Crippen LogP contribution in [0.25, 0.3) is 0 Å². The maximum Gasteiger partial charge on any atom is 0.306 e. The van der Waals surface area contributed by atoms with Gasteiger partial charge in [-0.25, -0.2) is 0 Å². The first kappa shape index (κ1) is 61.6. The van der Waals surface area contributed by atoms with E-state index in [4.69, 9.17) is 4.74 Å². The summed E-state index contributed by atoms with van der Waals surface area (Å²) in [6.07, 6.45) is 64.2. The van der Waals surface area contributed by atoms with Gasteiger partial charge in [0.2, 0.25) is 5.91 Å². The molecule has 64 heavy (non-hydrogen) atoms. The summed E-state index contributed by atoms with van der Waals surface area (Å²) in [4.78, 5) is 26.2. The molecule has 0 aliphatic rings. The van der Waals surface area contributed by atoms with Gasteiger partial charge < -0.3 is 20.3 Å². The molecule has 3 atom stereocenters. The molecule has 0 radical (unpaired) electrons. The van der Waals surface area contributed by atoms with Gasteiger partial charge in [-0.3, -0.25) is 9.59 Å². The molecule has 0 spiro atoms. The van der Waals surface area contributed by atoms with Crippen molar-refractivity contribution in [3.63, 3.8) is 0 Å². The number of carbonyl (C=O) groups is 2. The Kier molecular flexibility index (Phi) is 49.6. The van der Waals surface area contributed by atoms with Gasteiger partial charge >= 0.3 is 5.97 Å². The zero-order chi connectivity index (χ0) is 46.7. The van der Waals surface area contributed by atoms with Crippen LogP contribution >= 0.6 is 0 Å². The largest absolute Gasteiger partial charge is 0.462 e. The van der Waals surface area contributed by atoms with Gasteiger partial charge in [0, 0.05) is 6.42 Å². The Morgan fingerprint density at radius 3 is 1.31 bits per heavy atom. The normalized spacial score (nSPS) is 13.6. The lowest BCUT2D eigenvalue weighted by Gasteiger charge is -2.24. The van der Waals surface area contributed by atoms with Crippen LogP contribution in [-0.2, 0) is 14.3 Å². The minimum absolute atomic E-state index is 0.0604. The van der Waals surface area contributed by atoms with Crippen LogP contribution in [0.1, 0.15) is 271 Å². The highest BCUT2D eigenvalue weighted by Crippen LogP contribution is 2.18. The van der Waals surface area contributed by atoms with Gasteiger partial charge in [0.25, 0.3) is 0 Å². The Labute approximate surface area is 397 Å². The van der Waals surface area contributed by atoms with Crippen LogP contribution in [0.3, 0.4) is 0 Å². The highest BCUT2D eigenvalue weighted by atomic mass is 16.5. The van der Waals surface area contributed by atoms with Crippen molar-refractivity contribution in [2.75, 3.05) is 6.61 Å². The predicted octanol–water partition coefficient (Wildman–Crippen LogP) is 16.8. The van der Waals surface area contributed by atoms with E-state index in [1.165, 1.54) is 128 Å². The molecule has 0 rings (SSSR count). The van der Waals surface area contributed by atoms with E-state index in [9.17, 15) is 19.8 Å². The van der Waals surface area contributed by atoms with Crippen molar-refractivity contribution in [1.82, 2.24) is 5.32 Å². The Morgan fingerprint density at radius 1 is 0.469 bits per heavy atom. The zero-order valence-corrected chi connectivity index (χ0v) is 42.4. The standard InChI is InChI=1S/C58H105NO5/c1-4-7-10-13-16-19-22-25-27-28-29-30-31-33-36-39-42-45-48-51-58(63)64-54(49-46-43-40-37-34-32-26-23-20-17-14-11-8-5-2)52-57(62)59-55(53-60)56(61)50-47-44-41-38-35-24-21-18-15-12-9-6-3/h8,11,16-17,19-20,25-27,32,54-56,60-61H,4-7,9-10,12-15,18,21-24,28-31,33-53H2,1-3H3,(H,59,62)/b11-8+,19-16-,20-17+,27-25-,32-26+. The fourth-order valence-electron chi connectivity index (χ4n) is 8.18. The molecular formula is C58H105NO5. The van der Waals surface area contributed by atoms with E-state index in [-0.39, 0.29) is 24.9 Å². The van der Waals surface area contributed by atoms with Gasteiger partial charge in [-0.15, -0.1) is 0 Å². The average molecular weight is 896 g/mol. The lowest BCUT2D eigenvalue weighted by Crippen LogP contribution is -2.46. The quantitative estimate of drug-likeness (QED) is 0.0321. The van der Waals surface area contributed by atoms with Gasteiger partial charge in [-0.2, -0.15) is 0 Å². The summed E-state index contributed by atoms with van der Waals surface area (Å²) in [5, 5.41) is 23.8. The predicted molar refractivity (Wildman–Crippen MR) is 278 cm³/mol. The van der Waals surface area contributed by atoms with Crippen molar-refractivity contribution in [3.05, 3.63) is 60.8 Å². The molecule has 0 aromatic carbocycles. The van der Waals surface area contributed by atoms with Crippen LogP contribution < -0.4 is 5.32 Å². The summed E-state index contributed by atoms with van der Waals surface area (Å²) >= 11 is 0. The zero-order valence-electron chi connectivity index (χ0n) is 42.4. The number of aliphatic hydroxyl groups is 2. The molecule has 0 aliphatic carbocycles. The number of nitrogens with one attached hydrogen (secondary N) is 1. The smallest absolute Gasteiger partial charge is 0.306 e. The number of ether oxygens (including phenoxy) is 1. The number of hydrogen-bond donors (Lipinski definition) is 3. The molecule has 6 heteroatoms. The molecule has 372 valence electrons. The third-order valence-electron chi connectivity index (χ3n) is 12.3. The van der Waals surface area contributed by atoms with Gasteiger partial charge in [0.15, 0.2) is 0 Å². The maximum atomic E-state index is 13.2. The Morgan fingerprint density at radius 2 is 0.844 bits per heavy atom.